The Morgan fingerprint density at radius 2 is 1.69 bits per heavy atom. The van der Waals surface area contributed by atoms with Gasteiger partial charge in [-0.25, -0.2) is 8.42 Å². The number of hydrogen-bond donors (Lipinski definition) is 1. The van der Waals surface area contributed by atoms with Gasteiger partial charge in [-0.05, 0) is 69.4 Å². The quantitative estimate of drug-likeness (QED) is 0.582. The Bertz CT molecular complexity index is 1010. The van der Waals surface area contributed by atoms with Gasteiger partial charge in [0.25, 0.3) is 0 Å². The van der Waals surface area contributed by atoms with Gasteiger partial charge in [0.05, 0.1) is 34.6 Å². The third-order valence-corrected chi connectivity index (χ3v) is 12.2. The molecular weight excluding hydrogens is 464 g/mol. The summed E-state index contributed by atoms with van der Waals surface area (Å²) < 4.78 is 47.6. The molecule has 1 aromatic carbocycles. The zero-order chi connectivity index (χ0) is 25.1. The van der Waals surface area contributed by atoms with E-state index in [0.29, 0.717) is 30.4 Å². The van der Waals surface area contributed by atoms with Gasteiger partial charge in [-0.3, -0.25) is 0 Å². The van der Waals surface area contributed by atoms with E-state index >= 15 is 0 Å². The van der Waals surface area contributed by atoms with Crippen molar-refractivity contribution in [1.82, 2.24) is 0 Å². The maximum absolute atomic E-state index is 14.3. The molecular formula is C28H42O6S. The molecule has 3 heterocycles. The molecule has 0 radical (unpaired) electrons. The Morgan fingerprint density at radius 1 is 1.03 bits per heavy atom. The van der Waals surface area contributed by atoms with Crippen LogP contribution < -0.4 is 0 Å². The number of ether oxygens (including phenoxy) is 3. The second-order valence-corrected chi connectivity index (χ2v) is 14.3. The summed E-state index contributed by atoms with van der Waals surface area (Å²) in [5, 5.41) is 10.0. The first-order valence-electron chi connectivity index (χ1n) is 13.4. The zero-order valence-electron chi connectivity index (χ0n) is 21.6. The summed E-state index contributed by atoms with van der Waals surface area (Å²) in [7, 11) is -3.67. The van der Waals surface area contributed by atoms with Gasteiger partial charge >= 0.3 is 0 Å². The number of fused-ring (bicyclic) bond motifs is 2. The highest BCUT2D eigenvalue weighted by Gasteiger charge is 2.65. The molecule has 2 bridgehead atoms. The van der Waals surface area contributed by atoms with Gasteiger partial charge in [-0.2, -0.15) is 0 Å². The molecule has 8 atom stereocenters. The van der Waals surface area contributed by atoms with Gasteiger partial charge in [0.15, 0.2) is 15.6 Å². The lowest BCUT2D eigenvalue weighted by molar-refractivity contribution is -0.235. The summed E-state index contributed by atoms with van der Waals surface area (Å²) in [5.74, 6) is -0.540. The van der Waals surface area contributed by atoms with E-state index in [9.17, 15) is 13.5 Å². The van der Waals surface area contributed by atoms with Crippen LogP contribution in [-0.2, 0) is 24.0 Å². The van der Waals surface area contributed by atoms with Crippen molar-refractivity contribution in [2.75, 3.05) is 19.8 Å². The third-order valence-electron chi connectivity index (χ3n) is 9.95. The smallest absolute Gasteiger partial charge is 0.181 e. The molecule has 0 aromatic heterocycles. The van der Waals surface area contributed by atoms with Crippen molar-refractivity contribution in [3.05, 3.63) is 30.3 Å². The lowest BCUT2D eigenvalue weighted by Crippen LogP contribution is -2.52. The molecule has 7 heteroatoms. The number of rotatable bonds is 7. The van der Waals surface area contributed by atoms with Crippen LogP contribution in [0.4, 0.5) is 0 Å². The van der Waals surface area contributed by atoms with E-state index in [4.69, 9.17) is 14.2 Å². The molecule has 3 saturated heterocycles. The maximum Gasteiger partial charge on any atom is 0.181 e. The topological polar surface area (TPSA) is 82.1 Å². The highest BCUT2D eigenvalue weighted by atomic mass is 32.2. The summed E-state index contributed by atoms with van der Waals surface area (Å²) in [4.78, 5) is 0.353. The van der Waals surface area contributed by atoms with Crippen molar-refractivity contribution in [2.45, 2.75) is 93.4 Å². The average Bonchev–Trinajstić information content (AvgIpc) is 3.47. The molecule has 4 aliphatic rings. The SMILES string of the molecule is C[C@@H]1CC[C@@H]([C@H](CO)C[C@@H]([C@@H]2[C@@H](C)[C@]3(C)CC[C@@]2(C)O3)S(=O)(=O)c2ccccc2)C2(C1)OCCO2. The number of aliphatic hydroxyl groups is 1. The first-order valence-corrected chi connectivity index (χ1v) is 15.0. The molecule has 3 aliphatic heterocycles. The molecule has 0 unspecified atom stereocenters. The fourth-order valence-electron chi connectivity index (χ4n) is 8.05. The van der Waals surface area contributed by atoms with Crippen LogP contribution in [-0.4, -0.2) is 55.6 Å². The molecule has 1 saturated carbocycles. The number of aliphatic hydroxyl groups excluding tert-OH is 1. The van der Waals surface area contributed by atoms with Gasteiger partial charge < -0.3 is 19.3 Å². The predicted octanol–water partition coefficient (Wildman–Crippen LogP) is 4.60. The summed E-state index contributed by atoms with van der Waals surface area (Å²) in [6.45, 7) is 9.63. The second-order valence-electron chi connectivity index (χ2n) is 12.1. The zero-order valence-corrected chi connectivity index (χ0v) is 22.4. The van der Waals surface area contributed by atoms with E-state index in [0.717, 1.165) is 32.1 Å². The van der Waals surface area contributed by atoms with Crippen LogP contribution in [0.15, 0.2) is 35.2 Å². The Kier molecular flexibility index (Phi) is 6.66. The monoisotopic (exact) mass is 506 g/mol. The van der Waals surface area contributed by atoms with Crippen LogP contribution >= 0.6 is 0 Å². The number of hydrogen-bond acceptors (Lipinski definition) is 6. The van der Waals surface area contributed by atoms with Crippen molar-refractivity contribution in [2.24, 2.45) is 29.6 Å². The summed E-state index contributed by atoms with van der Waals surface area (Å²) in [6, 6.07) is 8.82. The van der Waals surface area contributed by atoms with E-state index in [-0.39, 0.29) is 35.9 Å². The summed E-state index contributed by atoms with van der Waals surface area (Å²) >= 11 is 0. The molecule has 1 aromatic rings. The van der Waals surface area contributed by atoms with E-state index in [1.165, 1.54) is 0 Å². The lowest BCUT2D eigenvalue weighted by atomic mass is 9.64. The standard InChI is InChI=1S/C28H42O6S/c1-19-10-11-23(28(17-19)32-14-15-33-28)21(18-29)16-24(35(30,31)22-8-6-5-7-9-22)25-20(2)26(3)12-13-27(25,4)34-26/h5-9,19-21,23-25,29H,10-18H2,1-4H3/t19-,20-,21+,23+,24+,25+,26+,27-/m1/s1. The van der Waals surface area contributed by atoms with E-state index < -0.39 is 26.5 Å². The minimum absolute atomic E-state index is 0.0297. The van der Waals surface area contributed by atoms with E-state index in [1.807, 2.05) is 6.07 Å². The molecule has 5 rings (SSSR count). The van der Waals surface area contributed by atoms with Crippen LogP contribution in [0, 0.1) is 29.6 Å². The van der Waals surface area contributed by atoms with Crippen LogP contribution in [0.5, 0.6) is 0 Å². The van der Waals surface area contributed by atoms with Crippen molar-refractivity contribution >= 4 is 9.84 Å². The summed E-state index contributed by atoms with van der Waals surface area (Å²) in [5.41, 5.74) is -0.794. The van der Waals surface area contributed by atoms with Crippen molar-refractivity contribution in [3.63, 3.8) is 0 Å². The fourth-order valence-corrected chi connectivity index (χ4v) is 10.3. The molecule has 1 N–H and O–H groups in total. The fraction of sp³-hybridized carbons (Fsp3) is 0.786. The minimum Gasteiger partial charge on any atom is -0.396 e. The largest absolute Gasteiger partial charge is 0.396 e. The van der Waals surface area contributed by atoms with Crippen LogP contribution in [0.3, 0.4) is 0 Å². The van der Waals surface area contributed by atoms with E-state index in [1.54, 1.807) is 24.3 Å². The maximum atomic E-state index is 14.3. The van der Waals surface area contributed by atoms with Crippen molar-refractivity contribution in [3.8, 4) is 0 Å². The van der Waals surface area contributed by atoms with Gasteiger partial charge in [0.1, 0.15) is 0 Å². The Balaban J connectivity index is 1.53. The second kappa shape index (κ2) is 9.09. The van der Waals surface area contributed by atoms with E-state index in [2.05, 4.69) is 27.7 Å². The van der Waals surface area contributed by atoms with Crippen LogP contribution in [0.2, 0.25) is 0 Å². The van der Waals surface area contributed by atoms with Gasteiger partial charge in [0.2, 0.25) is 0 Å². The Labute approximate surface area is 210 Å². The third kappa shape index (κ3) is 4.19. The molecule has 1 aliphatic carbocycles. The van der Waals surface area contributed by atoms with Crippen LogP contribution in [0.1, 0.15) is 66.2 Å². The van der Waals surface area contributed by atoms with Gasteiger partial charge in [0, 0.05) is 24.9 Å². The van der Waals surface area contributed by atoms with Gasteiger partial charge in [-0.15, -0.1) is 0 Å². The summed E-state index contributed by atoms with van der Waals surface area (Å²) in [6.07, 6.45) is 4.89. The van der Waals surface area contributed by atoms with Gasteiger partial charge in [-0.1, -0.05) is 38.5 Å². The normalized spacial score (nSPS) is 40.3. The molecule has 4 fully saturated rings. The molecule has 1 spiro atoms. The number of sulfone groups is 1. The average molecular weight is 507 g/mol. The highest BCUT2D eigenvalue weighted by molar-refractivity contribution is 7.92. The van der Waals surface area contributed by atoms with Crippen molar-refractivity contribution in [1.29, 1.82) is 0 Å². The molecule has 6 nitrogen and oxygen atoms in total. The first kappa shape index (κ1) is 25.7. The minimum atomic E-state index is -3.67. The molecule has 35 heavy (non-hydrogen) atoms. The predicted molar refractivity (Wildman–Crippen MR) is 134 cm³/mol. The van der Waals surface area contributed by atoms with Crippen molar-refractivity contribution < 1.29 is 27.7 Å². The Morgan fingerprint density at radius 3 is 2.29 bits per heavy atom. The molecule has 196 valence electrons. The lowest BCUT2D eigenvalue weighted by Gasteiger charge is -2.47. The molecule has 0 amide bonds. The first-order chi connectivity index (χ1) is 16.5. The van der Waals surface area contributed by atoms with Crippen LogP contribution in [0.25, 0.3) is 0 Å². The highest BCUT2D eigenvalue weighted by Crippen LogP contribution is 2.60. The Hall–Kier alpha value is -0.990. The number of benzene rings is 1.